The summed E-state index contributed by atoms with van der Waals surface area (Å²) in [4.78, 5) is 0. The molecule has 1 N–H and O–H groups in total. The van der Waals surface area contributed by atoms with Crippen LogP contribution in [-0.2, 0) is 6.42 Å². The fraction of sp³-hybridized carbons (Fsp3) is 0.571. The van der Waals surface area contributed by atoms with Gasteiger partial charge < -0.3 is 5.32 Å². The summed E-state index contributed by atoms with van der Waals surface area (Å²) in [5.74, 6) is 0.216. The SMILES string of the molecule is CC(CNC1CCC1)Cc1ccc(F)c(Cl)c1. The Labute approximate surface area is 107 Å². The van der Waals surface area contributed by atoms with E-state index in [1.807, 2.05) is 6.07 Å². The first-order valence-electron chi connectivity index (χ1n) is 6.32. The average Bonchev–Trinajstić information content (AvgIpc) is 2.21. The van der Waals surface area contributed by atoms with Gasteiger partial charge in [-0.1, -0.05) is 31.0 Å². The molecule has 1 aromatic carbocycles. The molecule has 1 aromatic rings. The van der Waals surface area contributed by atoms with E-state index in [4.69, 9.17) is 11.6 Å². The second-order valence-corrected chi connectivity index (χ2v) is 5.50. The van der Waals surface area contributed by atoms with Crippen LogP contribution in [0.25, 0.3) is 0 Å². The Morgan fingerprint density at radius 1 is 1.47 bits per heavy atom. The fourth-order valence-corrected chi connectivity index (χ4v) is 2.32. The van der Waals surface area contributed by atoms with Gasteiger partial charge in [0, 0.05) is 6.04 Å². The maximum Gasteiger partial charge on any atom is 0.141 e. The summed E-state index contributed by atoms with van der Waals surface area (Å²) in [5.41, 5.74) is 1.11. The Morgan fingerprint density at radius 3 is 2.82 bits per heavy atom. The molecule has 0 spiro atoms. The zero-order chi connectivity index (χ0) is 12.3. The van der Waals surface area contributed by atoms with Gasteiger partial charge in [0.2, 0.25) is 0 Å². The lowest BCUT2D eigenvalue weighted by Gasteiger charge is -2.28. The molecule has 1 nitrogen and oxygen atoms in total. The zero-order valence-electron chi connectivity index (χ0n) is 10.2. The van der Waals surface area contributed by atoms with E-state index in [1.54, 1.807) is 6.07 Å². The van der Waals surface area contributed by atoms with Gasteiger partial charge in [0.15, 0.2) is 0 Å². The smallest absolute Gasteiger partial charge is 0.141 e. The maximum atomic E-state index is 13.0. The molecule has 17 heavy (non-hydrogen) atoms. The molecular weight excluding hydrogens is 237 g/mol. The van der Waals surface area contributed by atoms with Crippen molar-refractivity contribution in [3.05, 3.63) is 34.6 Å². The third-order valence-corrected chi connectivity index (χ3v) is 3.72. The largest absolute Gasteiger partial charge is 0.314 e. The second-order valence-electron chi connectivity index (χ2n) is 5.09. The van der Waals surface area contributed by atoms with Crippen LogP contribution in [0.1, 0.15) is 31.7 Å². The minimum atomic E-state index is -0.337. The first-order valence-corrected chi connectivity index (χ1v) is 6.70. The molecule has 1 aliphatic carbocycles. The van der Waals surface area contributed by atoms with Gasteiger partial charge >= 0.3 is 0 Å². The lowest BCUT2D eigenvalue weighted by molar-refractivity contribution is 0.320. The highest BCUT2D eigenvalue weighted by Gasteiger charge is 2.17. The summed E-state index contributed by atoms with van der Waals surface area (Å²) in [6, 6.07) is 5.73. The van der Waals surface area contributed by atoms with Crippen LogP contribution in [-0.4, -0.2) is 12.6 Å². The molecule has 3 heteroatoms. The highest BCUT2D eigenvalue weighted by Crippen LogP contribution is 2.20. The molecule has 0 aromatic heterocycles. The van der Waals surface area contributed by atoms with Gasteiger partial charge in [0.05, 0.1) is 5.02 Å². The second kappa shape index (κ2) is 5.83. The Bertz CT molecular complexity index is 376. The molecule has 2 rings (SSSR count). The summed E-state index contributed by atoms with van der Waals surface area (Å²) in [5, 5.41) is 3.78. The lowest BCUT2D eigenvalue weighted by atomic mass is 9.92. The van der Waals surface area contributed by atoms with Gasteiger partial charge in [0.25, 0.3) is 0 Å². The molecule has 0 amide bonds. The van der Waals surface area contributed by atoms with Gasteiger partial charge in [0.1, 0.15) is 5.82 Å². The van der Waals surface area contributed by atoms with E-state index in [0.29, 0.717) is 5.92 Å². The maximum absolute atomic E-state index is 13.0. The van der Waals surface area contributed by atoms with Crippen LogP contribution >= 0.6 is 11.6 Å². The van der Waals surface area contributed by atoms with Crippen molar-refractivity contribution < 1.29 is 4.39 Å². The molecule has 1 atom stereocenters. The Balaban J connectivity index is 1.79. The predicted molar refractivity (Wildman–Crippen MR) is 69.9 cm³/mol. The van der Waals surface area contributed by atoms with Crippen LogP contribution in [0.15, 0.2) is 18.2 Å². The highest BCUT2D eigenvalue weighted by molar-refractivity contribution is 6.30. The van der Waals surface area contributed by atoms with E-state index in [0.717, 1.165) is 24.6 Å². The van der Waals surface area contributed by atoms with Crippen molar-refractivity contribution in [3.63, 3.8) is 0 Å². The number of halogens is 2. The molecule has 1 unspecified atom stereocenters. The molecule has 0 heterocycles. The van der Waals surface area contributed by atoms with Crippen molar-refractivity contribution in [2.24, 2.45) is 5.92 Å². The first kappa shape index (κ1) is 12.8. The summed E-state index contributed by atoms with van der Waals surface area (Å²) < 4.78 is 13.0. The van der Waals surface area contributed by atoms with E-state index in [1.165, 1.54) is 25.3 Å². The number of nitrogens with one attached hydrogen (secondary N) is 1. The zero-order valence-corrected chi connectivity index (χ0v) is 10.9. The summed E-state index contributed by atoms with van der Waals surface area (Å²) in [7, 11) is 0. The molecular formula is C14H19ClFN. The molecule has 1 saturated carbocycles. The van der Waals surface area contributed by atoms with E-state index in [2.05, 4.69) is 12.2 Å². The average molecular weight is 256 g/mol. The third-order valence-electron chi connectivity index (χ3n) is 3.43. The quantitative estimate of drug-likeness (QED) is 0.844. The van der Waals surface area contributed by atoms with Crippen molar-refractivity contribution in [1.82, 2.24) is 5.32 Å². The van der Waals surface area contributed by atoms with Crippen LogP contribution in [0.3, 0.4) is 0 Å². The van der Waals surface area contributed by atoms with Crippen molar-refractivity contribution in [2.45, 2.75) is 38.6 Å². The monoisotopic (exact) mass is 255 g/mol. The van der Waals surface area contributed by atoms with Crippen LogP contribution < -0.4 is 5.32 Å². The lowest BCUT2D eigenvalue weighted by Crippen LogP contribution is -2.38. The van der Waals surface area contributed by atoms with E-state index < -0.39 is 0 Å². The van der Waals surface area contributed by atoms with Crippen molar-refractivity contribution in [2.75, 3.05) is 6.54 Å². The fourth-order valence-electron chi connectivity index (χ4n) is 2.12. The normalized spacial score (nSPS) is 17.8. The number of benzene rings is 1. The van der Waals surface area contributed by atoms with Gasteiger partial charge in [-0.15, -0.1) is 0 Å². The number of hydrogen-bond donors (Lipinski definition) is 1. The molecule has 0 radical (unpaired) electrons. The van der Waals surface area contributed by atoms with Crippen LogP contribution in [0.2, 0.25) is 5.02 Å². The van der Waals surface area contributed by atoms with Crippen LogP contribution in [0.4, 0.5) is 4.39 Å². The molecule has 94 valence electrons. The van der Waals surface area contributed by atoms with Crippen molar-refractivity contribution >= 4 is 11.6 Å². The van der Waals surface area contributed by atoms with Crippen LogP contribution in [0.5, 0.6) is 0 Å². The summed E-state index contributed by atoms with van der Waals surface area (Å²) in [6.45, 7) is 3.24. The predicted octanol–water partition coefficient (Wildman–Crippen LogP) is 3.80. The van der Waals surface area contributed by atoms with Crippen LogP contribution in [0, 0.1) is 11.7 Å². The van der Waals surface area contributed by atoms with Crippen molar-refractivity contribution in [3.8, 4) is 0 Å². The number of hydrogen-bond acceptors (Lipinski definition) is 1. The topological polar surface area (TPSA) is 12.0 Å². The molecule has 0 aliphatic heterocycles. The van der Waals surface area contributed by atoms with Crippen molar-refractivity contribution in [1.29, 1.82) is 0 Å². The van der Waals surface area contributed by atoms with Gasteiger partial charge in [-0.05, 0) is 49.4 Å². The third kappa shape index (κ3) is 3.68. The summed E-state index contributed by atoms with van der Waals surface area (Å²) >= 11 is 5.77. The van der Waals surface area contributed by atoms with E-state index in [-0.39, 0.29) is 10.8 Å². The molecule has 0 bridgehead atoms. The highest BCUT2D eigenvalue weighted by atomic mass is 35.5. The molecule has 1 aliphatic rings. The van der Waals surface area contributed by atoms with E-state index in [9.17, 15) is 4.39 Å². The standard InChI is InChI=1S/C14H19ClFN/c1-10(9-17-12-3-2-4-12)7-11-5-6-14(16)13(15)8-11/h5-6,8,10,12,17H,2-4,7,9H2,1H3. The Hall–Kier alpha value is -0.600. The first-order chi connectivity index (χ1) is 8.15. The van der Waals surface area contributed by atoms with Gasteiger partial charge in [-0.25, -0.2) is 4.39 Å². The molecule has 0 saturated heterocycles. The minimum absolute atomic E-state index is 0.224. The Morgan fingerprint density at radius 2 is 2.24 bits per heavy atom. The molecule has 1 fully saturated rings. The van der Waals surface area contributed by atoms with Gasteiger partial charge in [-0.2, -0.15) is 0 Å². The Kier molecular flexibility index (Phi) is 4.41. The van der Waals surface area contributed by atoms with Gasteiger partial charge in [-0.3, -0.25) is 0 Å². The number of rotatable bonds is 5. The summed E-state index contributed by atoms with van der Waals surface area (Å²) in [6.07, 6.45) is 4.93. The van der Waals surface area contributed by atoms with E-state index >= 15 is 0 Å². The minimum Gasteiger partial charge on any atom is -0.314 e.